The minimum atomic E-state index is -0.687. The number of amides is 1. The van der Waals surface area contributed by atoms with Crippen molar-refractivity contribution in [1.29, 1.82) is 0 Å². The molecule has 1 aromatic carbocycles. The Kier molecular flexibility index (Phi) is 7.02. The van der Waals surface area contributed by atoms with Crippen LogP contribution in [-0.2, 0) is 4.79 Å². The SMILES string of the molecule is CNCCC1CCN(C(=O)C(c2c(F)cccc2Cl)N(C)C)CC1. The van der Waals surface area contributed by atoms with E-state index in [1.54, 1.807) is 31.1 Å². The quantitative estimate of drug-likeness (QED) is 0.852. The first kappa shape index (κ1) is 19.2. The van der Waals surface area contributed by atoms with Crippen molar-refractivity contribution in [2.45, 2.75) is 25.3 Å². The zero-order chi connectivity index (χ0) is 17.7. The number of nitrogens with zero attached hydrogens (tertiary/aromatic N) is 2. The minimum Gasteiger partial charge on any atom is -0.341 e. The molecule has 1 unspecified atom stereocenters. The highest BCUT2D eigenvalue weighted by molar-refractivity contribution is 6.31. The fraction of sp³-hybridized carbons (Fsp3) is 0.611. The van der Waals surface area contributed by atoms with Crippen LogP contribution < -0.4 is 5.32 Å². The molecule has 24 heavy (non-hydrogen) atoms. The standard InChI is InChI=1S/C18H27ClFN3O/c1-21-10-7-13-8-11-23(12-9-13)18(24)17(22(2)3)16-14(19)5-4-6-15(16)20/h4-6,13,17,21H,7-12H2,1-3H3. The van der Waals surface area contributed by atoms with E-state index in [4.69, 9.17) is 11.6 Å². The average molecular weight is 356 g/mol. The van der Waals surface area contributed by atoms with Crippen LogP contribution in [0, 0.1) is 11.7 Å². The van der Waals surface area contributed by atoms with Gasteiger partial charge >= 0.3 is 0 Å². The summed E-state index contributed by atoms with van der Waals surface area (Å²) >= 11 is 6.19. The van der Waals surface area contributed by atoms with E-state index in [1.807, 2.05) is 11.9 Å². The van der Waals surface area contributed by atoms with Crippen LogP contribution in [0.3, 0.4) is 0 Å². The lowest BCUT2D eigenvalue weighted by Gasteiger charge is -2.36. The van der Waals surface area contributed by atoms with Crippen LogP contribution in [0.5, 0.6) is 0 Å². The summed E-state index contributed by atoms with van der Waals surface area (Å²) in [5, 5.41) is 3.47. The number of carbonyl (C=O) groups excluding carboxylic acids is 1. The largest absolute Gasteiger partial charge is 0.341 e. The highest BCUT2D eigenvalue weighted by atomic mass is 35.5. The summed E-state index contributed by atoms with van der Waals surface area (Å²) in [6, 6.07) is 3.86. The molecule has 0 spiro atoms. The van der Waals surface area contributed by atoms with Gasteiger partial charge in [0.25, 0.3) is 0 Å². The molecule has 1 amide bonds. The molecule has 1 aliphatic rings. The molecular weight excluding hydrogens is 329 g/mol. The number of benzene rings is 1. The molecule has 1 N–H and O–H groups in total. The van der Waals surface area contributed by atoms with Crippen molar-refractivity contribution < 1.29 is 9.18 Å². The van der Waals surface area contributed by atoms with E-state index < -0.39 is 11.9 Å². The summed E-state index contributed by atoms with van der Waals surface area (Å²) in [6.45, 7) is 2.46. The monoisotopic (exact) mass is 355 g/mol. The zero-order valence-corrected chi connectivity index (χ0v) is 15.4. The molecule has 1 atom stereocenters. The molecule has 1 aromatic rings. The van der Waals surface area contributed by atoms with Crippen LogP contribution in [0.2, 0.25) is 5.02 Å². The summed E-state index contributed by atoms with van der Waals surface area (Å²) in [5.74, 6) is 0.147. The first-order valence-corrected chi connectivity index (χ1v) is 8.87. The Morgan fingerprint density at radius 2 is 2.08 bits per heavy atom. The normalized spacial score (nSPS) is 17.3. The number of likely N-dealkylation sites (N-methyl/N-ethyl adjacent to an activating group) is 1. The predicted molar refractivity (Wildman–Crippen MR) is 95.7 cm³/mol. The third kappa shape index (κ3) is 4.47. The first-order valence-electron chi connectivity index (χ1n) is 8.49. The molecule has 0 aliphatic carbocycles. The van der Waals surface area contributed by atoms with Gasteiger partial charge < -0.3 is 10.2 Å². The van der Waals surface area contributed by atoms with Crippen molar-refractivity contribution in [2.24, 2.45) is 5.92 Å². The van der Waals surface area contributed by atoms with Gasteiger partial charge in [-0.1, -0.05) is 17.7 Å². The van der Waals surface area contributed by atoms with E-state index in [2.05, 4.69) is 5.32 Å². The van der Waals surface area contributed by atoms with Gasteiger partial charge in [0.15, 0.2) is 0 Å². The summed E-state index contributed by atoms with van der Waals surface area (Å²) in [7, 11) is 5.52. The van der Waals surface area contributed by atoms with E-state index in [1.165, 1.54) is 6.07 Å². The molecule has 2 rings (SSSR count). The van der Waals surface area contributed by atoms with Gasteiger partial charge in [0.1, 0.15) is 11.9 Å². The number of likely N-dealkylation sites (tertiary alicyclic amines) is 1. The van der Waals surface area contributed by atoms with Gasteiger partial charge in [-0.3, -0.25) is 9.69 Å². The first-order chi connectivity index (χ1) is 11.5. The molecule has 0 bridgehead atoms. The van der Waals surface area contributed by atoms with Crippen LogP contribution >= 0.6 is 11.6 Å². The van der Waals surface area contributed by atoms with Gasteiger partial charge in [-0.25, -0.2) is 4.39 Å². The fourth-order valence-corrected chi connectivity index (χ4v) is 3.60. The van der Waals surface area contributed by atoms with Gasteiger partial charge in [0.2, 0.25) is 5.91 Å². The van der Waals surface area contributed by atoms with Crippen molar-refractivity contribution in [1.82, 2.24) is 15.1 Å². The van der Waals surface area contributed by atoms with Gasteiger partial charge in [-0.15, -0.1) is 0 Å². The summed E-state index contributed by atoms with van der Waals surface area (Å²) in [4.78, 5) is 16.6. The number of hydrogen-bond donors (Lipinski definition) is 1. The van der Waals surface area contributed by atoms with Gasteiger partial charge in [0.05, 0.1) is 0 Å². The average Bonchev–Trinajstić information content (AvgIpc) is 2.56. The van der Waals surface area contributed by atoms with Crippen molar-refractivity contribution >= 4 is 17.5 Å². The Balaban J connectivity index is 2.11. The lowest BCUT2D eigenvalue weighted by molar-refractivity contribution is -0.137. The van der Waals surface area contributed by atoms with Crippen LogP contribution in [0.25, 0.3) is 0 Å². The predicted octanol–water partition coefficient (Wildman–Crippen LogP) is 2.93. The van der Waals surface area contributed by atoms with E-state index in [0.29, 0.717) is 10.9 Å². The second-order valence-electron chi connectivity index (χ2n) is 6.66. The van der Waals surface area contributed by atoms with Crippen molar-refractivity contribution in [3.8, 4) is 0 Å². The Labute approximate surface area is 149 Å². The second-order valence-corrected chi connectivity index (χ2v) is 7.07. The maximum atomic E-state index is 14.3. The topological polar surface area (TPSA) is 35.6 Å². The maximum absolute atomic E-state index is 14.3. The number of halogens is 2. The summed E-state index contributed by atoms with van der Waals surface area (Å²) in [6.07, 6.45) is 3.13. The second kappa shape index (κ2) is 8.79. The van der Waals surface area contributed by atoms with Gasteiger partial charge in [-0.05, 0) is 65.0 Å². The number of nitrogens with one attached hydrogen (secondary N) is 1. The van der Waals surface area contributed by atoms with E-state index >= 15 is 0 Å². The molecule has 0 saturated carbocycles. The molecular formula is C18H27ClFN3O. The lowest BCUT2D eigenvalue weighted by atomic mass is 9.92. The maximum Gasteiger partial charge on any atom is 0.244 e. The Bertz CT molecular complexity index is 539. The van der Waals surface area contributed by atoms with Crippen LogP contribution in [0.15, 0.2) is 18.2 Å². The highest BCUT2D eigenvalue weighted by Crippen LogP contribution is 2.31. The Hall–Kier alpha value is -1.17. The number of carbonyl (C=O) groups is 1. The van der Waals surface area contributed by atoms with Crippen LogP contribution in [0.1, 0.15) is 30.9 Å². The summed E-state index contributed by atoms with van der Waals surface area (Å²) < 4.78 is 14.3. The lowest BCUT2D eigenvalue weighted by Crippen LogP contribution is -2.45. The number of rotatable bonds is 6. The fourth-order valence-electron chi connectivity index (χ4n) is 3.34. The van der Waals surface area contributed by atoms with E-state index in [0.717, 1.165) is 38.9 Å². The highest BCUT2D eigenvalue weighted by Gasteiger charge is 2.33. The molecule has 4 nitrogen and oxygen atoms in total. The van der Waals surface area contributed by atoms with Crippen molar-refractivity contribution in [3.63, 3.8) is 0 Å². The third-order valence-electron chi connectivity index (χ3n) is 4.75. The minimum absolute atomic E-state index is 0.0703. The van der Waals surface area contributed by atoms with Crippen LogP contribution in [0.4, 0.5) is 4.39 Å². The molecule has 1 saturated heterocycles. The molecule has 1 fully saturated rings. The van der Waals surface area contributed by atoms with E-state index in [-0.39, 0.29) is 11.5 Å². The molecule has 134 valence electrons. The number of hydrogen-bond acceptors (Lipinski definition) is 3. The third-order valence-corrected chi connectivity index (χ3v) is 5.08. The zero-order valence-electron chi connectivity index (χ0n) is 14.7. The van der Waals surface area contributed by atoms with Crippen molar-refractivity contribution in [2.75, 3.05) is 40.8 Å². The number of piperidine rings is 1. The Morgan fingerprint density at radius 3 is 2.62 bits per heavy atom. The molecule has 1 heterocycles. The van der Waals surface area contributed by atoms with Gasteiger partial charge in [-0.2, -0.15) is 0 Å². The van der Waals surface area contributed by atoms with E-state index in [9.17, 15) is 9.18 Å². The van der Waals surface area contributed by atoms with Crippen molar-refractivity contribution in [3.05, 3.63) is 34.6 Å². The Morgan fingerprint density at radius 1 is 1.42 bits per heavy atom. The van der Waals surface area contributed by atoms with Crippen LogP contribution in [-0.4, -0.2) is 56.5 Å². The summed E-state index contributed by atoms with van der Waals surface area (Å²) in [5.41, 5.74) is 0.270. The van der Waals surface area contributed by atoms with Gasteiger partial charge in [0, 0.05) is 23.7 Å². The molecule has 0 aromatic heterocycles. The molecule has 0 radical (unpaired) electrons. The smallest absolute Gasteiger partial charge is 0.244 e. The molecule has 6 heteroatoms. The molecule has 1 aliphatic heterocycles.